The molecule has 1 rings (SSSR count). The van der Waals surface area contributed by atoms with Crippen molar-refractivity contribution in [3.8, 4) is 0 Å². The van der Waals surface area contributed by atoms with E-state index < -0.39 is 0 Å². The van der Waals surface area contributed by atoms with Gasteiger partial charge in [0.15, 0.2) is 0 Å². The third-order valence-electron chi connectivity index (χ3n) is 1.51. The summed E-state index contributed by atoms with van der Waals surface area (Å²) >= 11 is 0. The second kappa shape index (κ2) is 3.94. The van der Waals surface area contributed by atoms with Crippen LogP contribution in [0.15, 0.2) is 36.9 Å². The zero-order valence-electron chi connectivity index (χ0n) is 6.58. The Labute approximate surface area is 67.3 Å². The monoisotopic (exact) mass is 147 g/mol. The summed E-state index contributed by atoms with van der Waals surface area (Å²) in [6.07, 6.45) is 1.72. The molecular weight excluding hydrogens is 136 g/mol. The standard InChI is InChI=1S/C10H11O/c1-3-10(11-2)9-7-5-4-6-8-9/h3-7,10H,1H2,2H3. The van der Waals surface area contributed by atoms with Crippen LogP contribution in [0.25, 0.3) is 0 Å². The summed E-state index contributed by atoms with van der Waals surface area (Å²) in [6, 6.07) is 10.8. The SMILES string of the molecule is C=CC(OC)c1[c]cccc1. The van der Waals surface area contributed by atoms with Gasteiger partial charge in [0.1, 0.15) is 6.10 Å². The first kappa shape index (κ1) is 8.02. The quantitative estimate of drug-likeness (QED) is 0.596. The molecule has 11 heavy (non-hydrogen) atoms. The maximum absolute atomic E-state index is 5.14. The minimum absolute atomic E-state index is 0.0313. The summed E-state index contributed by atoms with van der Waals surface area (Å²) in [5, 5.41) is 0. The number of methoxy groups -OCH3 is 1. The lowest BCUT2D eigenvalue weighted by atomic mass is 10.1. The van der Waals surface area contributed by atoms with Crippen LogP contribution in [0.2, 0.25) is 0 Å². The second-order valence-corrected chi connectivity index (χ2v) is 2.21. The van der Waals surface area contributed by atoms with Gasteiger partial charge in [-0.15, -0.1) is 6.58 Å². The first-order valence-corrected chi connectivity index (χ1v) is 3.50. The number of hydrogen-bond donors (Lipinski definition) is 0. The Kier molecular flexibility index (Phi) is 2.87. The molecule has 1 heteroatoms. The van der Waals surface area contributed by atoms with Gasteiger partial charge >= 0.3 is 0 Å². The first-order chi connectivity index (χ1) is 5.38. The molecule has 0 bridgehead atoms. The van der Waals surface area contributed by atoms with Crippen molar-refractivity contribution >= 4 is 0 Å². The molecule has 0 saturated heterocycles. The fourth-order valence-electron chi connectivity index (χ4n) is 0.934. The van der Waals surface area contributed by atoms with E-state index in [-0.39, 0.29) is 6.10 Å². The van der Waals surface area contributed by atoms with Crippen LogP contribution in [0, 0.1) is 6.07 Å². The van der Waals surface area contributed by atoms with E-state index in [0.717, 1.165) is 5.56 Å². The van der Waals surface area contributed by atoms with E-state index in [2.05, 4.69) is 12.6 Å². The third-order valence-corrected chi connectivity index (χ3v) is 1.51. The highest BCUT2D eigenvalue weighted by molar-refractivity contribution is 5.19. The molecule has 0 saturated carbocycles. The molecule has 0 N–H and O–H groups in total. The number of rotatable bonds is 3. The summed E-state index contributed by atoms with van der Waals surface area (Å²) in [7, 11) is 1.66. The van der Waals surface area contributed by atoms with Gasteiger partial charge < -0.3 is 4.74 Å². The molecule has 1 nitrogen and oxygen atoms in total. The summed E-state index contributed by atoms with van der Waals surface area (Å²) < 4.78 is 5.14. The van der Waals surface area contributed by atoms with Gasteiger partial charge in [0.05, 0.1) is 0 Å². The van der Waals surface area contributed by atoms with Crippen LogP contribution in [0.1, 0.15) is 11.7 Å². The van der Waals surface area contributed by atoms with E-state index in [1.807, 2.05) is 24.3 Å². The van der Waals surface area contributed by atoms with E-state index in [1.54, 1.807) is 13.2 Å². The Morgan fingerprint density at radius 1 is 1.64 bits per heavy atom. The van der Waals surface area contributed by atoms with Gasteiger partial charge in [-0.05, 0) is 11.6 Å². The van der Waals surface area contributed by atoms with Crippen LogP contribution in [0.4, 0.5) is 0 Å². The van der Waals surface area contributed by atoms with Crippen LogP contribution >= 0.6 is 0 Å². The molecule has 0 spiro atoms. The Morgan fingerprint density at radius 3 is 2.91 bits per heavy atom. The van der Waals surface area contributed by atoms with Crippen LogP contribution in [-0.4, -0.2) is 7.11 Å². The Morgan fingerprint density at radius 2 is 2.45 bits per heavy atom. The van der Waals surface area contributed by atoms with E-state index in [0.29, 0.717) is 0 Å². The Hall–Kier alpha value is -1.08. The van der Waals surface area contributed by atoms with Gasteiger partial charge in [0, 0.05) is 7.11 Å². The van der Waals surface area contributed by atoms with Gasteiger partial charge in [-0.25, -0.2) is 0 Å². The third kappa shape index (κ3) is 1.92. The molecule has 0 fully saturated rings. The lowest BCUT2D eigenvalue weighted by molar-refractivity contribution is 0.143. The molecule has 57 valence electrons. The lowest BCUT2D eigenvalue weighted by Crippen LogP contribution is -1.96. The van der Waals surface area contributed by atoms with Gasteiger partial charge in [-0.2, -0.15) is 0 Å². The van der Waals surface area contributed by atoms with Crippen molar-refractivity contribution in [1.82, 2.24) is 0 Å². The summed E-state index contributed by atoms with van der Waals surface area (Å²) in [5.41, 5.74) is 1.02. The van der Waals surface area contributed by atoms with Crippen LogP contribution in [0.5, 0.6) is 0 Å². The highest BCUT2D eigenvalue weighted by atomic mass is 16.5. The van der Waals surface area contributed by atoms with Crippen molar-refractivity contribution in [2.75, 3.05) is 7.11 Å². The maximum atomic E-state index is 5.14. The van der Waals surface area contributed by atoms with Gasteiger partial charge in [0.25, 0.3) is 0 Å². The highest BCUT2D eigenvalue weighted by Gasteiger charge is 2.02. The van der Waals surface area contributed by atoms with Gasteiger partial charge in [-0.1, -0.05) is 30.3 Å². The van der Waals surface area contributed by atoms with Crippen LogP contribution in [0.3, 0.4) is 0 Å². The average molecular weight is 147 g/mol. The topological polar surface area (TPSA) is 9.23 Å². The van der Waals surface area contributed by atoms with Crippen molar-refractivity contribution in [3.63, 3.8) is 0 Å². The highest BCUT2D eigenvalue weighted by Crippen LogP contribution is 2.15. The maximum Gasteiger partial charge on any atom is 0.101 e. The van der Waals surface area contributed by atoms with Crippen molar-refractivity contribution in [3.05, 3.63) is 48.6 Å². The fraction of sp³-hybridized carbons (Fsp3) is 0.200. The van der Waals surface area contributed by atoms with E-state index in [4.69, 9.17) is 4.74 Å². The molecule has 1 aromatic carbocycles. The van der Waals surface area contributed by atoms with Crippen LogP contribution in [-0.2, 0) is 4.74 Å². The molecule has 0 aliphatic rings. The van der Waals surface area contributed by atoms with Crippen molar-refractivity contribution in [1.29, 1.82) is 0 Å². The predicted octanol–water partition coefficient (Wildman–Crippen LogP) is 2.36. The van der Waals surface area contributed by atoms with Crippen molar-refractivity contribution in [2.45, 2.75) is 6.10 Å². The normalized spacial score (nSPS) is 12.5. The average Bonchev–Trinajstić information content (AvgIpc) is 2.09. The molecule has 0 heterocycles. The van der Waals surface area contributed by atoms with Gasteiger partial charge in [-0.3, -0.25) is 0 Å². The molecule has 1 atom stereocenters. The van der Waals surface area contributed by atoms with E-state index in [9.17, 15) is 0 Å². The molecule has 0 amide bonds. The summed E-state index contributed by atoms with van der Waals surface area (Å²) in [6.45, 7) is 3.66. The van der Waals surface area contributed by atoms with Crippen molar-refractivity contribution < 1.29 is 4.74 Å². The molecular formula is C10H11O. The second-order valence-electron chi connectivity index (χ2n) is 2.21. The molecule has 0 aliphatic heterocycles. The molecule has 1 unspecified atom stereocenters. The Bertz CT molecular complexity index is 216. The molecule has 0 aliphatic carbocycles. The Balaban J connectivity index is 2.82. The molecule has 0 aromatic heterocycles. The minimum Gasteiger partial charge on any atom is -0.373 e. The van der Waals surface area contributed by atoms with Crippen molar-refractivity contribution in [2.24, 2.45) is 0 Å². The number of benzene rings is 1. The largest absolute Gasteiger partial charge is 0.373 e. The minimum atomic E-state index is -0.0313. The predicted molar refractivity (Wildman–Crippen MR) is 45.2 cm³/mol. The first-order valence-electron chi connectivity index (χ1n) is 3.50. The van der Waals surface area contributed by atoms with Gasteiger partial charge in [0.2, 0.25) is 0 Å². The number of hydrogen-bond acceptors (Lipinski definition) is 1. The lowest BCUT2D eigenvalue weighted by Gasteiger charge is -2.08. The summed E-state index contributed by atoms with van der Waals surface area (Å²) in [5.74, 6) is 0. The van der Waals surface area contributed by atoms with Crippen LogP contribution < -0.4 is 0 Å². The number of ether oxygens (including phenoxy) is 1. The van der Waals surface area contributed by atoms with E-state index >= 15 is 0 Å². The summed E-state index contributed by atoms with van der Waals surface area (Å²) in [4.78, 5) is 0. The van der Waals surface area contributed by atoms with E-state index in [1.165, 1.54) is 0 Å². The smallest absolute Gasteiger partial charge is 0.101 e. The molecule has 1 aromatic rings. The zero-order valence-corrected chi connectivity index (χ0v) is 6.58. The zero-order chi connectivity index (χ0) is 8.10. The fourth-order valence-corrected chi connectivity index (χ4v) is 0.934. The molecule has 1 radical (unpaired) electrons.